The van der Waals surface area contributed by atoms with E-state index in [9.17, 15) is 5.11 Å². The molecule has 0 saturated heterocycles. The van der Waals surface area contributed by atoms with Gasteiger partial charge in [0.2, 0.25) is 0 Å². The van der Waals surface area contributed by atoms with Gasteiger partial charge in [-0.25, -0.2) is 0 Å². The van der Waals surface area contributed by atoms with Gasteiger partial charge in [0.15, 0.2) is 0 Å². The first-order valence-corrected chi connectivity index (χ1v) is 8.84. The van der Waals surface area contributed by atoms with Crippen LogP contribution in [0.1, 0.15) is 18.2 Å². The second-order valence-corrected chi connectivity index (χ2v) is 7.35. The van der Waals surface area contributed by atoms with E-state index >= 15 is 0 Å². The van der Waals surface area contributed by atoms with E-state index in [2.05, 4.69) is 22.5 Å². The standard InChI is InChI=1S/C18H15NOS2/c1-18(20,16-11-12-5-2-3-6-14(12)19-16)13-8-10-22-17(13)15-7-4-9-21-15/h2-11,19-20H,1H3. The predicted molar refractivity (Wildman–Crippen MR) is 94.6 cm³/mol. The number of fused-ring (bicyclic) bond motifs is 1. The number of para-hydroxylation sites is 1. The van der Waals surface area contributed by atoms with Crippen molar-refractivity contribution in [1.82, 2.24) is 4.98 Å². The van der Waals surface area contributed by atoms with Gasteiger partial charge in [-0.15, -0.1) is 22.7 Å². The highest BCUT2D eigenvalue weighted by atomic mass is 32.1. The molecule has 110 valence electrons. The minimum absolute atomic E-state index is 0.824. The molecule has 4 aromatic rings. The Kier molecular flexibility index (Phi) is 3.18. The van der Waals surface area contributed by atoms with Gasteiger partial charge in [0.25, 0.3) is 0 Å². The molecule has 1 aromatic carbocycles. The molecular weight excluding hydrogens is 310 g/mol. The third kappa shape index (κ3) is 2.11. The Labute approximate surface area is 136 Å². The molecule has 0 amide bonds. The minimum atomic E-state index is -1.04. The van der Waals surface area contributed by atoms with Crippen molar-refractivity contribution in [3.63, 3.8) is 0 Å². The van der Waals surface area contributed by atoms with Gasteiger partial charge >= 0.3 is 0 Å². The van der Waals surface area contributed by atoms with Gasteiger partial charge in [0, 0.05) is 16.0 Å². The summed E-state index contributed by atoms with van der Waals surface area (Å²) in [5.74, 6) is 0. The van der Waals surface area contributed by atoms with E-state index < -0.39 is 5.60 Å². The molecule has 3 aromatic heterocycles. The second kappa shape index (κ2) is 5.09. The summed E-state index contributed by atoms with van der Waals surface area (Å²) in [5.41, 5.74) is 1.78. The van der Waals surface area contributed by atoms with Gasteiger partial charge < -0.3 is 10.1 Å². The van der Waals surface area contributed by atoms with Crippen molar-refractivity contribution >= 4 is 33.6 Å². The van der Waals surface area contributed by atoms with Crippen molar-refractivity contribution in [2.24, 2.45) is 0 Å². The fourth-order valence-electron chi connectivity index (χ4n) is 2.77. The zero-order chi connectivity index (χ0) is 15.2. The van der Waals surface area contributed by atoms with Crippen LogP contribution in [0.4, 0.5) is 0 Å². The lowest BCUT2D eigenvalue weighted by Gasteiger charge is -2.23. The van der Waals surface area contributed by atoms with Crippen LogP contribution >= 0.6 is 22.7 Å². The monoisotopic (exact) mass is 325 g/mol. The van der Waals surface area contributed by atoms with Crippen LogP contribution in [0.25, 0.3) is 20.7 Å². The van der Waals surface area contributed by atoms with Crippen LogP contribution in [0.5, 0.6) is 0 Å². The summed E-state index contributed by atoms with van der Waals surface area (Å²) < 4.78 is 0. The lowest BCUT2D eigenvalue weighted by molar-refractivity contribution is 0.0993. The number of hydrogen-bond donors (Lipinski definition) is 2. The largest absolute Gasteiger partial charge is 0.379 e. The lowest BCUT2D eigenvalue weighted by atomic mass is 9.92. The van der Waals surface area contributed by atoms with E-state index in [0.717, 1.165) is 27.0 Å². The average molecular weight is 325 g/mol. The second-order valence-electron chi connectivity index (χ2n) is 5.48. The number of aromatic nitrogens is 1. The number of H-pyrrole nitrogens is 1. The van der Waals surface area contributed by atoms with Gasteiger partial charge in [0.05, 0.1) is 10.6 Å². The van der Waals surface area contributed by atoms with E-state index in [0.29, 0.717) is 0 Å². The van der Waals surface area contributed by atoms with Crippen molar-refractivity contribution in [3.05, 3.63) is 70.5 Å². The summed E-state index contributed by atoms with van der Waals surface area (Å²) in [7, 11) is 0. The van der Waals surface area contributed by atoms with E-state index in [4.69, 9.17) is 0 Å². The molecule has 0 fully saturated rings. The highest BCUT2D eigenvalue weighted by molar-refractivity contribution is 7.20. The van der Waals surface area contributed by atoms with Gasteiger partial charge in [-0.1, -0.05) is 24.3 Å². The normalized spacial score (nSPS) is 14.3. The Morgan fingerprint density at radius 3 is 2.64 bits per heavy atom. The van der Waals surface area contributed by atoms with Crippen LogP contribution in [-0.2, 0) is 5.60 Å². The quantitative estimate of drug-likeness (QED) is 0.533. The number of thiophene rings is 2. The van der Waals surface area contributed by atoms with Crippen molar-refractivity contribution < 1.29 is 5.11 Å². The van der Waals surface area contributed by atoms with E-state index in [1.54, 1.807) is 22.7 Å². The van der Waals surface area contributed by atoms with Gasteiger partial charge in [-0.2, -0.15) is 0 Å². The molecule has 0 aliphatic heterocycles. The number of nitrogens with one attached hydrogen (secondary N) is 1. The molecule has 0 aliphatic rings. The van der Waals surface area contributed by atoms with E-state index in [-0.39, 0.29) is 0 Å². The Morgan fingerprint density at radius 2 is 1.86 bits per heavy atom. The summed E-state index contributed by atoms with van der Waals surface area (Å²) in [6, 6.07) is 16.3. The van der Waals surface area contributed by atoms with Crippen LogP contribution < -0.4 is 0 Å². The van der Waals surface area contributed by atoms with Crippen LogP contribution in [0.15, 0.2) is 59.3 Å². The first kappa shape index (κ1) is 13.8. The van der Waals surface area contributed by atoms with Gasteiger partial charge in [-0.3, -0.25) is 0 Å². The van der Waals surface area contributed by atoms with Crippen molar-refractivity contribution in [1.29, 1.82) is 0 Å². The molecule has 3 heterocycles. The predicted octanol–water partition coefficient (Wildman–Crippen LogP) is 5.21. The highest BCUT2D eigenvalue weighted by Gasteiger charge is 2.31. The Hall–Kier alpha value is -1.88. The molecule has 22 heavy (non-hydrogen) atoms. The molecule has 1 atom stereocenters. The van der Waals surface area contributed by atoms with Gasteiger partial charge in [0.1, 0.15) is 5.60 Å². The summed E-state index contributed by atoms with van der Waals surface area (Å²) in [4.78, 5) is 5.69. The molecular formula is C18H15NOS2. The number of aliphatic hydroxyl groups is 1. The van der Waals surface area contributed by atoms with E-state index in [1.165, 1.54) is 4.88 Å². The number of benzene rings is 1. The smallest absolute Gasteiger partial charge is 0.128 e. The fraction of sp³-hybridized carbons (Fsp3) is 0.111. The molecule has 4 heteroatoms. The molecule has 0 aliphatic carbocycles. The van der Waals surface area contributed by atoms with Crippen LogP contribution in [0, 0.1) is 0 Å². The number of rotatable bonds is 3. The maximum atomic E-state index is 11.2. The molecule has 0 bridgehead atoms. The molecule has 2 N–H and O–H groups in total. The lowest BCUT2D eigenvalue weighted by Crippen LogP contribution is -2.23. The first-order valence-electron chi connectivity index (χ1n) is 7.09. The Morgan fingerprint density at radius 1 is 1.00 bits per heavy atom. The molecule has 2 nitrogen and oxygen atoms in total. The maximum Gasteiger partial charge on any atom is 0.128 e. The van der Waals surface area contributed by atoms with Crippen molar-refractivity contribution in [3.8, 4) is 9.75 Å². The Balaban J connectivity index is 1.86. The number of aromatic amines is 1. The molecule has 4 rings (SSSR count). The Bertz CT molecular complexity index is 883. The summed E-state index contributed by atoms with van der Waals surface area (Å²) >= 11 is 3.37. The third-order valence-electron chi connectivity index (χ3n) is 3.99. The SMILES string of the molecule is CC(O)(c1cc2ccccc2[nH]1)c1ccsc1-c1cccs1. The molecule has 1 unspecified atom stereocenters. The van der Waals surface area contributed by atoms with Gasteiger partial charge in [-0.05, 0) is 47.3 Å². The van der Waals surface area contributed by atoms with Crippen molar-refractivity contribution in [2.75, 3.05) is 0 Å². The minimum Gasteiger partial charge on any atom is -0.379 e. The maximum absolute atomic E-state index is 11.2. The first-order chi connectivity index (χ1) is 10.7. The number of hydrogen-bond acceptors (Lipinski definition) is 3. The molecule has 0 radical (unpaired) electrons. The fourth-order valence-corrected chi connectivity index (χ4v) is 4.66. The molecule has 0 saturated carbocycles. The zero-order valence-electron chi connectivity index (χ0n) is 12.0. The summed E-state index contributed by atoms with van der Waals surface area (Å²) in [6.07, 6.45) is 0. The van der Waals surface area contributed by atoms with Crippen molar-refractivity contribution in [2.45, 2.75) is 12.5 Å². The highest BCUT2D eigenvalue weighted by Crippen LogP contribution is 2.41. The summed E-state index contributed by atoms with van der Waals surface area (Å²) in [5, 5.41) is 16.4. The van der Waals surface area contributed by atoms with Crippen LogP contribution in [-0.4, -0.2) is 10.1 Å². The van der Waals surface area contributed by atoms with E-state index in [1.807, 2.05) is 48.7 Å². The molecule has 0 spiro atoms. The third-order valence-corrected chi connectivity index (χ3v) is 5.95. The van der Waals surface area contributed by atoms with Crippen LogP contribution in [0.2, 0.25) is 0 Å². The zero-order valence-corrected chi connectivity index (χ0v) is 13.7. The van der Waals surface area contributed by atoms with Crippen LogP contribution in [0.3, 0.4) is 0 Å². The topological polar surface area (TPSA) is 36.0 Å². The average Bonchev–Trinajstić information content (AvgIpc) is 3.25. The summed E-state index contributed by atoms with van der Waals surface area (Å²) in [6.45, 7) is 1.86.